The van der Waals surface area contributed by atoms with Crippen LogP contribution in [0.2, 0.25) is 0 Å². The highest BCUT2D eigenvalue weighted by Crippen LogP contribution is 2.21. The zero-order valence-corrected chi connectivity index (χ0v) is 15.9. The summed E-state index contributed by atoms with van der Waals surface area (Å²) in [6, 6.07) is 17.6. The van der Waals surface area contributed by atoms with Crippen molar-refractivity contribution in [2.45, 2.75) is 17.8 Å². The number of halogens is 1. The molecule has 1 aromatic heterocycles. The fourth-order valence-corrected chi connectivity index (χ4v) is 3.62. The fraction of sp³-hybridized carbons (Fsp3) is 0.118. The van der Waals surface area contributed by atoms with E-state index in [9.17, 15) is 4.79 Å². The molecule has 3 aromatic rings. The number of carbonyl (C=O) groups is 1. The lowest BCUT2D eigenvalue weighted by atomic mass is 10.2. The Morgan fingerprint density at radius 3 is 2.58 bits per heavy atom. The van der Waals surface area contributed by atoms with Gasteiger partial charge in [-0.25, -0.2) is 4.68 Å². The minimum Gasteiger partial charge on any atom is -0.267 e. The van der Waals surface area contributed by atoms with Crippen molar-refractivity contribution in [3.8, 4) is 0 Å². The van der Waals surface area contributed by atoms with Crippen LogP contribution in [0.1, 0.15) is 21.7 Å². The summed E-state index contributed by atoms with van der Waals surface area (Å²) in [6.07, 6.45) is 0. The van der Waals surface area contributed by atoms with Gasteiger partial charge in [-0.05, 0) is 47.2 Å². The number of aromatic nitrogens is 3. The van der Waals surface area contributed by atoms with E-state index in [0.717, 1.165) is 9.32 Å². The van der Waals surface area contributed by atoms with E-state index < -0.39 is 0 Å². The maximum absolute atomic E-state index is 12.5. The summed E-state index contributed by atoms with van der Waals surface area (Å²) in [4.78, 5) is 12.5. The van der Waals surface area contributed by atoms with Gasteiger partial charge in [-0.15, -0.1) is 10.2 Å². The van der Waals surface area contributed by atoms with Gasteiger partial charge in [-0.3, -0.25) is 10.2 Å². The maximum atomic E-state index is 12.5. The van der Waals surface area contributed by atoms with Gasteiger partial charge in [0, 0.05) is 9.32 Å². The number of nitrogens with zero attached hydrogens (tertiary/aromatic N) is 3. The number of thioether (sulfide) groups is 1. The second-order valence-electron chi connectivity index (χ2n) is 5.06. The largest absolute Gasteiger partial charge is 0.271 e. The lowest BCUT2D eigenvalue weighted by molar-refractivity contribution is 0.100. The summed E-state index contributed by atoms with van der Waals surface area (Å²) in [7, 11) is 0. The van der Waals surface area contributed by atoms with E-state index >= 15 is 0 Å². The standard InChI is InChI=1S/C17H15IN4OS/c1-12-19-20-17(24-11-13-7-3-2-4-8-13)22(12)21-16(23)14-9-5-6-10-15(14)18/h2-10H,11H2,1H3,(H,21,23). The molecule has 0 aliphatic rings. The highest BCUT2D eigenvalue weighted by atomic mass is 127. The van der Waals surface area contributed by atoms with Crippen LogP contribution in [0.5, 0.6) is 0 Å². The predicted octanol–water partition coefficient (Wildman–Crippen LogP) is 3.87. The van der Waals surface area contributed by atoms with Crippen molar-refractivity contribution in [1.29, 1.82) is 0 Å². The maximum Gasteiger partial charge on any atom is 0.271 e. The Balaban J connectivity index is 1.75. The van der Waals surface area contributed by atoms with E-state index in [1.165, 1.54) is 17.3 Å². The first-order valence-electron chi connectivity index (χ1n) is 7.30. The SMILES string of the molecule is Cc1nnc(SCc2ccccc2)n1NC(=O)c1ccccc1I. The van der Waals surface area contributed by atoms with Crippen LogP contribution >= 0.6 is 34.4 Å². The predicted molar refractivity (Wildman–Crippen MR) is 104 cm³/mol. The van der Waals surface area contributed by atoms with E-state index in [1.54, 1.807) is 10.7 Å². The van der Waals surface area contributed by atoms with Crippen molar-refractivity contribution >= 4 is 40.3 Å². The van der Waals surface area contributed by atoms with E-state index in [0.29, 0.717) is 16.5 Å². The molecule has 122 valence electrons. The third-order valence-electron chi connectivity index (χ3n) is 3.34. The molecular weight excluding hydrogens is 435 g/mol. The molecule has 0 aliphatic carbocycles. The Morgan fingerprint density at radius 2 is 1.83 bits per heavy atom. The van der Waals surface area contributed by atoms with Gasteiger partial charge in [0.15, 0.2) is 0 Å². The minimum absolute atomic E-state index is 0.176. The average molecular weight is 450 g/mol. The summed E-state index contributed by atoms with van der Waals surface area (Å²) >= 11 is 3.69. The van der Waals surface area contributed by atoms with Crippen LogP contribution < -0.4 is 5.43 Å². The molecule has 7 heteroatoms. The van der Waals surface area contributed by atoms with Crippen molar-refractivity contribution in [2.75, 3.05) is 5.43 Å². The highest BCUT2D eigenvalue weighted by molar-refractivity contribution is 14.1. The second-order valence-corrected chi connectivity index (χ2v) is 7.16. The van der Waals surface area contributed by atoms with Gasteiger partial charge in [0.1, 0.15) is 5.82 Å². The molecule has 1 amide bonds. The molecule has 0 fully saturated rings. The highest BCUT2D eigenvalue weighted by Gasteiger charge is 2.15. The molecule has 5 nitrogen and oxygen atoms in total. The molecule has 3 rings (SSSR count). The van der Waals surface area contributed by atoms with Gasteiger partial charge in [-0.1, -0.05) is 54.2 Å². The van der Waals surface area contributed by atoms with Crippen LogP contribution in [0.4, 0.5) is 0 Å². The molecular formula is C17H15IN4OS. The van der Waals surface area contributed by atoms with E-state index in [2.05, 4.69) is 50.3 Å². The summed E-state index contributed by atoms with van der Waals surface area (Å²) in [5, 5.41) is 8.90. The number of nitrogens with one attached hydrogen (secondary N) is 1. The van der Waals surface area contributed by atoms with E-state index in [1.807, 2.05) is 43.3 Å². The van der Waals surface area contributed by atoms with Gasteiger partial charge < -0.3 is 0 Å². The Labute approximate surface area is 158 Å². The Morgan fingerprint density at radius 1 is 1.12 bits per heavy atom. The van der Waals surface area contributed by atoms with Gasteiger partial charge in [-0.2, -0.15) is 0 Å². The molecule has 2 aromatic carbocycles. The molecule has 0 atom stereocenters. The number of benzene rings is 2. The van der Waals surface area contributed by atoms with Crippen LogP contribution in [0.15, 0.2) is 59.8 Å². The number of rotatable bonds is 5. The van der Waals surface area contributed by atoms with Crippen LogP contribution in [0, 0.1) is 10.5 Å². The minimum atomic E-state index is -0.176. The van der Waals surface area contributed by atoms with Gasteiger partial charge in [0.05, 0.1) is 5.56 Å². The summed E-state index contributed by atoms with van der Waals surface area (Å²) in [5.74, 6) is 1.23. The fourth-order valence-electron chi connectivity index (χ4n) is 2.09. The molecule has 0 radical (unpaired) electrons. The van der Waals surface area contributed by atoms with Gasteiger partial charge in [0.2, 0.25) is 5.16 Å². The molecule has 0 aliphatic heterocycles. The van der Waals surface area contributed by atoms with Crippen molar-refractivity contribution < 1.29 is 4.79 Å². The lowest BCUT2D eigenvalue weighted by Crippen LogP contribution is -2.25. The molecule has 1 heterocycles. The zero-order chi connectivity index (χ0) is 16.9. The number of hydrogen-bond donors (Lipinski definition) is 1. The third kappa shape index (κ3) is 3.96. The molecule has 1 N–H and O–H groups in total. The first-order valence-corrected chi connectivity index (χ1v) is 9.36. The van der Waals surface area contributed by atoms with Crippen LogP contribution in [-0.2, 0) is 5.75 Å². The van der Waals surface area contributed by atoms with Crippen molar-refractivity contribution in [2.24, 2.45) is 0 Å². The molecule has 0 unspecified atom stereocenters. The molecule has 0 saturated heterocycles. The number of aryl methyl sites for hydroxylation is 1. The molecule has 0 saturated carbocycles. The lowest BCUT2D eigenvalue weighted by Gasteiger charge is -2.11. The van der Waals surface area contributed by atoms with Gasteiger partial charge in [0.25, 0.3) is 5.91 Å². The average Bonchev–Trinajstić information content (AvgIpc) is 2.94. The second kappa shape index (κ2) is 7.80. The van der Waals surface area contributed by atoms with Crippen LogP contribution in [0.3, 0.4) is 0 Å². The normalized spacial score (nSPS) is 10.6. The van der Waals surface area contributed by atoms with Crippen LogP contribution in [0.25, 0.3) is 0 Å². The van der Waals surface area contributed by atoms with E-state index in [4.69, 9.17) is 0 Å². The Kier molecular flexibility index (Phi) is 5.52. The van der Waals surface area contributed by atoms with Crippen molar-refractivity contribution in [3.05, 3.63) is 75.1 Å². The zero-order valence-electron chi connectivity index (χ0n) is 12.9. The number of hydrogen-bond acceptors (Lipinski definition) is 4. The van der Waals surface area contributed by atoms with Crippen LogP contribution in [-0.4, -0.2) is 20.8 Å². The first-order chi connectivity index (χ1) is 11.6. The Bertz CT molecular complexity index is 851. The molecule has 24 heavy (non-hydrogen) atoms. The third-order valence-corrected chi connectivity index (χ3v) is 5.28. The van der Waals surface area contributed by atoms with E-state index in [-0.39, 0.29) is 5.91 Å². The number of carbonyl (C=O) groups excluding carboxylic acids is 1. The van der Waals surface area contributed by atoms with Crippen molar-refractivity contribution in [3.63, 3.8) is 0 Å². The topological polar surface area (TPSA) is 59.8 Å². The summed E-state index contributed by atoms with van der Waals surface area (Å²) in [5.41, 5.74) is 4.70. The smallest absolute Gasteiger partial charge is 0.267 e. The number of amides is 1. The van der Waals surface area contributed by atoms with Gasteiger partial charge >= 0.3 is 0 Å². The molecule has 0 spiro atoms. The monoisotopic (exact) mass is 450 g/mol. The quantitative estimate of drug-likeness (QED) is 0.474. The van der Waals surface area contributed by atoms with Crippen molar-refractivity contribution in [1.82, 2.24) is 14.9 Å². The first kappa shape index (κ1) is 17.0. The summed E-state index contributed by atoms with van der Waals surface area (Å²) in [6.45, 7) is 1.82. The summed E-state index contributed by atoms with van der Waals surface area (Å²) < 4.78 is 2.54. The molecule has 0 bridgehead atoms. The Hall–Kier alpha value is -1.87.